The predicted molar refractivity (Wildman–Crippen MR) is 74.6 cm³/mol. The van der Waals surface area contributed by atoms with Gasteiger partial charge in [0.2, 0.25) is 0 Å². The van der Waals surface area contributed by atoms with Crippen LogP contribution < -0.4 is 5.32 Å². The maximum atomic E-state index is 13.1. The van der Waals surface area contributed by atoms with Gasteiger partial charge in [0.1, 0.15) is 11.6 Å². The van der Waals surface area contributed by atoms with Crippen LogP contribution in [-0.4, -0.2) is 23.5 Å². The highest BCUT2D eigenvalue weighted by atomic mass is 19.1. The summed E-state index contributed by atoms with van der Waals surface area (Å²) in [6.07, 6.45) is 3.05. The zero-order chi connectivity index (χ0) is 14.7. The van der Waals surface area contributed by atoms with Crippen molar-refractivity contribution >= 4 is 11.7 Å². The van der Waals surface area contributed by atoms with Crippen molar-refractivity contribution in [3.63, 3.8) is 0 Å². The van der Waals surface area contributed by atoms with Crippen LogP contribution in [0.1, 0.15) is 33.1 Å². The van der Waals surface area contributed by atoms with Gasteiger partial charge in [-0.1, -0.05) is 13.8 Å². The number of benzene rings is 1. The maximum Gasteiger partial charge on any atom is 0.322 e. The van der Waals surface area contributed by atoms with E-state index >= 15 is 0 Å². The average molecular weight is 282 g/mol. The van der Waals surface area contributed by atoms with Gasteiger partial charge in [-0.2, -0.15) is 0 Å². The lowest BCUT2D eigenvalue weighted by Gasteiger charge is -2.38. The number of urea groups is 1. The molecule has 1 aromatic carbocycles. The number of anilines is 1. The number of hydrogen-bond acceptors (Lipinski definition) is 1. The number of carbonyl (C=O) groups is 1. The number of amides is 2. The fourth-order valence-electron chi connectivity index (χ4n) is 2.72. The van der Waals surface area contributed by atoms with Crippen molar-refractivity contribution in [3.8, 4) is 0 Å². The Hall–Kier alpha value is -1.65. The smallest absolute Gasteiger partial charge is 0.321 e. The van der Waals surface area contributed by atoms with Crippen molar-refractivity contribution in [2.24, 2.45) is 5.92 Å². The molecular formula is C15H20F2N2O. The number of hydrogen-bond donors (Lipinski definition) is 1. The average Bonchev–Trinajstić information content (AvgIpc) is 2.37. The maximum absolute atomic E-state index is 13.1. The Morgan fingerprint density at radius 1 is 1.25 bits per heavy atom. The van der Waals surface area contributed by atoms with Gasteiger partial charge < -0.3 is 10.2 Å². The summed E-state index contributed by atoms with van der Waals surface area (Å²) in [4.78, 5) is 14.0. The molecule has 2 amide bonds. The molecule has 1 aliphatic heterocycles. The quantitative estimate of drug-likeness (QED) is 0.873. The summed E-state index contributed by atoms with van der Waals surface area (Å²) in [5.41, 5.74) is 0.153. The van der Waals surface area contributed by atoms with Crippen molar-refractivity contribution in [1.82, 2.24) is 4.90 Å². The molecular weight excluding hydrogens is 262 g/mol. The molecule has 110 valence electrons. The van der Waals surface area contributed by atoms with Crippen molar-refractivity contribution < 1.29 is 13.6 Å². The molecule has 5 heteroatoms. The number of nitrogens with one attached hydrogen (secondary N) is 1. The van der Waals surface area contributed by atoms with Crippen LogP contribution >= 0.6 is 0 Å². The Labute approximate surface area is 118 Å². The second kappa shape index (κ2) is 6.20. The first-order valence-corrected chi connectivity index (χ1v) is 7.01. The molecule has 0 unspecified atom stereocenters. The van der Waals surface area contributed by atoms with Gasteiger partial charge >= 0.3 is 6.03 Å². The van der Waals surface area contributed by atoms with E-state index in [9.17, 15) is 13.6 Å². The molecule has 3 nitrogen and oxygen atoms in total. The molecule has 20 heavy (non-hydrogen) atoms. The summed E-state index contributed by atoms with van der Waals surface area (Å²) in [5.74, 6) is -1.02. The number of halogens is 2. The topological polar surface area (TPSA) is 32.3 Å². The third-order valence-electron chi connectivity index (χ3n) is 3.69. The van der Waals surface area contributed by atoms with E-state index in [1.807, 2.05) is 0 Å². The lowest BCUT2D eigenvalue weighted by Crippen LogP contribution is -2.48. The van der Waals surface area contributed by atoms with E-state index in [-0.39, 0.29) is 17.8 Å². The predicted octanol–water partition coefficient (Wildman–Crippen LogP) is 4.01. The first-order valence-electron chi connectivity index (χ1n) is 7.01. The van der Waals surface area contributed by atoms with Gasteiger partial charge in [0, 0.05) is 24.3 Å². The fourth-order valence-corrected chi connectivity index (χ4v) is 2.72. The van der Waals surface area contributed by atoms with Gasteiger partial charge in [-0.05, 0) is 37.3 Å². The molecule has 0 aliphatic carbocycles. The highest BCUT2D eigenvalue weighted by Gasteiger charge is 2.28. The van der Waals surface area contributed by atoms with Crippen LogP contribution in [0, 0.1) is 17.6 Å². The largest absolute Gasteiger partial charge is 0.322 e. The molecule has 1 aliphatic rings. The second-order valence-electron chi connectivity index (χ2n) is 5.59. The minimum atomic E-state index is -0.695. The molecule has 1 saturated heterocycles. The third kappa shape index (κ3) is 3.46. The first-order chi connectivity index (χ1) is 9.47. The number of carbonyl (C=O) groups excluding carboxylic acids is 1. The Bertz CT molecular complexity index is 471. The van der Waals surface area contributed by atoms with Crippen LogP contribution in [0.15, 0.2) is 18.2 Å². The summed E-state index contributed by atoms with van der Waals surface area (Å²) < 4.78 is 26.2. The second-order valence-corrected chi connectivity index (χ2v) is 5.59. The van der Waals surface area contributed by atoms with Crippen LogP contribution in [0.2, 0.25) is 0 Å². The standard InChI is InChI=1S/C15H20F2N2O/c1-10(2)14-5-3-4-6-19(14)15(20)18-13-8-11(16)7-12(17)9-13/h7-10,14H,3-6H2,1-2H3,(H,18,20)/t14-/m0/s1. The summed E-state index contributed by atoms with van der Waals surface area (Å²) in [5, 5.41) is 2.59. The van der Waals surface area contributed by atoms with Gasteiger partial charge in [-0.15, -0.1) is 0 Å². The van der Waals surface area contributed by atoms with Crippen molar-refractivity contribution in [1.29, 1.82) is 0 Å². The molecule has 0 radical (unpaired) electrons. The number of piperidine rings is 1. The van der Waals surface area contributed by atoms with Crippen molar-refractivity contribution in [2.45, 2.75) is 39.2 Å². The summed E-state index contributed by atoms with van der Waals surface area (Å²) in [6.45, 7) is 4.85. The minimum Gasteiger partial charge on any atom is -0.321 e. The summed E-state index contributed by atoms with van der Waals surface area (Å²) in [6, 6.07) is 2.92. The van der Waals surface area contributed by atoms with Crippen molar-refractivity contribution in [3.05, 3.63) is 29.8 Å². The van der Waals surface area contributed by atoms with Crippen LogP contribution in [0.3, 0.4) is 0 Å². The Balaban J connectivity index is 2.09. The van der Waals surface area contributed by atoms with Gasteiger partial charge in [0.25, 0.3) is 0 Å². The van der Waals surface area contributed by atoms with Gasteiger partial charge in [-0.25, -0.2) is 13.6 Å². The van der Waals surface area contributed by atoms with Crippen LogP contribution in [0.25, 0.3) is 0 Å². The monoisotopic (exact) mass is 282 g/mol. The van der Waals surface area contributed by atoms with E-state index < -0.39 is 11.6 Å². The minimum absolute atomic E-state index is 0.153. The first kappa shape index (κ1) is 14.8. The normalized spacial score (nSPS) is 19.2. The molecule has 1 heterocycles. The molecule has 0 spiro atoms. The Morgan fingerprint density at radius 3 is 2.50 bits per heavy atom. The molecule has 0 saturated carbocycles. The van der Waals surface area contributed by atoms with Gasteiger partial charge in [0.05, 0.1) is 0 Å². The molecule has 1 atom stereocenters. The molecule has 1 fully saturated rings. The van der Waals surface area contributed by atoms with Crippen LogP contribution in [0.4, 0.5) is 19.3 Å². The highest BCUT2D eigenvalue weighted by Crippen LogP contribution is 2.24. The number of rotatable bonds is 2. The fraction of sp³-hybridized carbons (Fsp3) is 0.533. The van der Waals surface area contributed by atoms with E-state index in [0.29, 0.717) is 12.5 Å². The van der Waals surface area contributed by atoms with Crippen molar-refractivity contribution in [2.75, 3.05) is 11.9 Å². The van der Waals surface area contributed by atoms with E-state index in [0.717, 1.165) is 37.5 Å². The van der Waals surface area contributed by atoms with Gasteiger partial charge in [-0.3, -0.25) is 0 Å². The zero-order valence-corrected chi connectivity index (χ0v) is 11.8. The molecule has 2 rings (SSSR count). The Morgan fingerprint density at radius 2 is 1.90 bits per heavy atom. The Kier molecular flexibility index (Phi) is 4.57. The molecule has 0 aromatic heterocycles. The van der Waals surface area contributed by atoms with E-state index in [2.05, 4.69) is 19.2 Å². The van der Waals surface area contributed by atoms with Crippen LogP contribution in [-0.2, 0) is 0 Å². The summed E-state index contributed by atoms with van der Waals surface area (Å²) in [7, 11) is 0. The lowest BCUT2D eigenvalue weighted by molar-refractivity contribution is 0.138. The molecule has 1 N–H and O–H groups in total. The van der Waals surface area contributed by atoms with E-state index in [1.165, 1.54) is 0 Å². The highest BCUT2D eigenvalue weighted by molar-refractivity contribution is 5.89. The number of nitrogens with zero attached hydrogens (tertiary/aromatic N) is 1. The summed E-state index contributed by atoms with van der Waals surface area (Å²) >= 11 is 0. The van der Waals surface area contributed by atoms with E-state index in [4.69, 9.17) is 0 Å². The lowest BCUT2D eigenvalue weighted by atomic mass is 9.93. The third-order valence-corrected chi connectivity index (χ3v) is 3.69. The van der Waals surface area contributed by atoms with Crippen LogP contribution in [0.5, 0.6) is 0 Å². The van der Waals surface area contributed by atoms with E-state index in [1.54, 1.807) is 4.90 Å². The zero-order valence-electron chi connectivity index (χ0n) is 11.8. The molecule has 0 bridgehead atoms. The van der Waals surface area contributed by atoms with Gasteiger partial charge in [0.15, 0.2) is 0 Å². The number of likely N-dealkylation sites (tertiary alicyclic amines) is 1. The SMILES string of the molecule is CC(C)[C@@H]1CCCCN1C(=O)Nc1cc(F)cc(F)c1. The molecule has 1 aromatic rings.